The number of allylic oxidation sites excluding steroid dienone is 1. The summed E-state index contributed by atoms with van der Waals surface area (Å²) >= 11 is 0. The molecule has 0 fully saturated rings. The van der Waals surface area contributed by atoms with Gasteiger partial charge in [0.15, 0.2) is 0 Å². The monoisotopic (exact) mass is 392 g/mol. The predicted octanol–water partition coefficient (Wildman–Crippen LogP) is 3.22. The number of benzene rings is 2. The van der Waals surface area contributed by atoms with E-state index in [4.69, 9.17) is 0 Å². The van der Waals surface area contributed by atoms with E-state index in [2.05, 4.69) is 4.98 Å². The smallest absolute Gasteiger partial charge is 0.265 e. The van der Waals surface area contributed by atoms with Crippen LogP contribution < -0.4 is 0 Å². The maximum absolute atomic E-state index is 13.3. The topological polar surface area (TPSA) is 87.6 Å². The maximum atomic E-state index is 13.3. The van der Waals surface area contributed by atoms with E-state index in [1.807, 2.05) is 0 Å². The zero-order chi connectivity index (χ0) is 19.7. The number of fused-ring (bicyclic) bond motifs is 1. The number of aromatic hydroxyl groups is 1. The fourth-order valence-corrected chi connectivity index (χ4v) is 4.71. The third kappa shape index (κ3) is 3.16. The Hall–Kier alpha value is -3.45. The number of pyridine rings is 1. The van der Waals surface area contributed by atoms with Gasteiger partial charge in [0.05, 0.1) is 11.4 Å². The molecule has 0 saturated heterocycles. The molecule has 4 rings (SSSR count). The average molecular weight is 392 g/mol. The maximum Gasteiger partial charge on any atom is 0.265 e. The van der Waals surface area contributed by atoms with Gasteiger partial charge >= 0.3 is 0 Å². The average Bonchev–Trinajstić information content (AvgIpc) is 2.71. The van der Waals surface area contributed by atoms with Crippen LogP contribution in [0.4, 0.5) is 0 Å². The van der Waals surface area contributed by atoms with Crippen molar-refractivity contribution in [2.75, 3.05) is 0 Å². The Kier molecular flexibility index (Phi) is 4.44. The highest BCUT2D eigenvalue weighted by atomic mass is 32.2. The third-order valence-corrected chi connectivity index (χ3v) is 6.26. The van der Waals surface area contributed by atoms with Crippen LogP contribution in [0.2, 0.25) is 0 Å². The number of carbonyl (C=O) groups excluding carboxylic acids is 1. The fraction of sp³-hybridized carbons (Fsp3) is 0.0476. The van der Waals surface area contributed by atoms with Crippen LogP contribution in [0.1, 0.15) is 21.5 Å². The SMILES string of the molecule is O=C1/C(=C\c2ccc(O)cc2)N(Cc2cccnc2)S(=O)(=O)c2ccccc21. The van der Waals surface area contributed by atoms with Gasteiger partial charge in [0, 0.05) is 18.0 Å². The lowest BCUT2D eigenvalue weighted by molar-refractivity contribution is 0.100. The van der Waals surface area contributed by atoms with Gasteiger partial charge in [-0.25, -0.2) is 8.42 Å². The number of sulfonamides is 1. The van der Waals surface area contributed by atoms with Crippen molar-refractivity contribution in [1.82, 2.24) is 9.29 Å². The van der Waals surface area contributed by atoms with Crippen LogP contribution in [0.5, 0.6) is 5.75 Å². The van der Waals surface area contributed by atoms with Gasteiger partial charge in [-0.1, -0.05) is 30.3 Å². The summed E-state index contributed by atoms with van der Waals surface area (Å²) < 4.78 is 27.7. The third-order valence-electron chi connectivity index (χ3n) is 4.45. The summed E-state index contributed by atoms with van der Waals surface area (Å²) in [6, 6.07) is 15.9. The number of carbonyl (C=O) groups is 1. The summed E-state index contributed by atoms with van der Waals surface area (Å²) in [5.74, 6) is -0.287. The van der Waals surface area contributed by atoms with E-state index in [0.29, 0.717) is 11.1 Å². The molecule has 0 radical (unpaired) electrons. The highest BCUT2D eigenvalue weighted by Gasteiger charge is 2.39. The molecule has 2 heterocycles. The Bertz CT molecular complexity index is 1170. The Morgan fingerprint density at radius 2 is 1.75 bits per heavy atom. The zero-order valence-corrected chi connectivity index (χ0v) is 15.5. The number of hydrogen-bond acceptors (Lipinski definition) is 5. The first-order valence-corrected chi connectivity index (χ1v) is 9.97. The molecule has 1 aliphatic heterocycles. The molecule has 1 N–H and O–H groups in total. The molecule has 7 heteroatoms. The molecule has 0 bridgehead atoms. The van der Waals surface area contributed by atoms with E-state index in [-0.39, 0.29) is 34.2 Å². The minimum Gasteiger partial charge on any atom is -0.508 e. The lowest BCUT2D eigenvalue weighted by atomic mass is 10.0. The van der Waals surface area contributed by atoms with Crippen molar-refractivity contribution < 1.29 is 18.3 Å². The molecule has 0 spiro atoms. The number of ketones is 1. The van der Waals surface area contributed by atoms with Crippen molar-refractivity contribution in [2.45, 2.75) is 11.4 Å². The van der Waals surface area contributed by atoms with Crippen LogP contribution in [0.15, 0.2) is 83.6 Å². The number of rotatable bonds is 3. The lowest BCUT2D eigenvalue weighted by Crippen LogP contribution is -2.38. The van der Waals surface area contributed by atoms with Crippen molar-refractivity contribution in [3.05, 3.63) is 95.4 Å². The normalized spacial score (nSPS) is 16.8. The summed E-state index contributed by atoms with van der Waals surface area (Å²) in [7, 11) is -3.92. The summed E-state index contributed by atoms with van der Waals surface area (Å²) in [6.45, 7) is -0.0137. The van der Waals surface area contributed by atoms with E-state index >= 15 is 0 Å². The number of hydrogen-bond donors (Lipinski definition) is 1. The van der Waals surface area contributed by atoms with Crippen LogP contribution >= 0.6 is 0 Å². The first-order chi connectivity index (χ1) is 13.5. The number of aromatic nitrogens is 1. The summed E-state index contributed by atoms with van der Waals surface area (Å²) in [5, 5.41) is 9.47. The number of nitrogens with zero attached hydrogens (tertiary/aromatic N) is 2. The molecule has 0 saturated carbocycles. The molecule has 2 aromatic carbocycles. The Labute approximate surface area is 162 Å². The van der Waals surface area contributed by atoms with E-state index in [9.17, 15) is 18.3 Å². The minimum atomic E-state index is -3.92. The van der Waals surface area contributed by atoms with Crippen molar-refractivity contribution in [1.29, 1.82) is 0 Å². The minimum absolute atomic E-state index is 0.00764. The molecule has 1 aliphatic rings. The Balaban J connectivity index is 1.89. The van der Waals surface area contributed by atoms with Gasteiger partial charge in [-0.2, -0.15) is 0 Å². The van der Waals surface area contributed by atoms with E-state index in [1.165, 1.54) is 30.3 Å². The molecular formula is C21H16N2O4S. The second-order valence-corrected chi connectivity index (χ2v) is 8.15. The van der Waals surface area contributed by atoms with Crippen molar-refractivity contribution in [3.63, 3.8) is 0 Å². The van der Waals surface area contributed by atoms with Crippen LogP contribution in [0.25, 0.3) is 6.08 Å². The highest BCUT2D eigenvalue weighted by molar-refractivity contribution is 7.89. The largest absolute Gasteiger partial charge is 0.508 e. The van der Waals surface area contributed by atoms with Crippen LogP contribution in [0.3, 0.4) is 0 Å². The van der Waals surface area contributed by atoms with Gasteiger partial charge < -0.3 is 5.11 Å². The summed E-state index contributed by atoms with van der Waals surface area (Å²) in [4.78, 5) is 17.2. The quantitative estimate of drug-likeness (QED) is 0.692. The van der Waals surface area contributed by atoms with Gasteiger partial charge in [-0.15, -0.1) is 0 Å². The van der Waals surface area contributed by atoms with E-state index in [0.717, 1.165) is 4.31 Å². The zero-order valence-electron chi connectivity index (χ0n) is 14.7. The molecule has 0 amide bonds. The standard InChI is InChI=1S/C21H16N2O4S/c24-17-9-7-15(8-10-17)12-19-21(25)18-5-1-2-6-20(18)28(26,27)23(19)14-16-4-3-11-22-13-16/h1-13,24H,14H2/b19-12+. The Morgan fingerprint density at radius 3 is 2.46 bits per heavy atom. The first kappa shape index (κ1) is 17.9. The molecule has 1 aromatic heterocycles. The van der Waals surface area contributed by atoms with Gasteiger partial charge in [-0.3, -0.25) is 14.1 Å². The molecule has 0 unspecified atom stereocenters. The molecule has 0 atom stereocenters. The second-order valence-electron chi connectivity index (χ2n) is 6.32. The Morgan fingerprint density at radius 1 is 1.00 bits per heavy atom. The van der Waals surface area contributed by atoms with Gasteiger partial charge in [0.2, 0.25) is 5.78 Å². The fourth-order valence-electron chi connectivity index (χ4n) is 3.07. The highest BCUT2D eigenvalue weighted by Crippen LogP contribution is 2.34. The van der Waals surface area contributed by atoms with Crippen molar-refractivity contribution in [2.24, 2.45) is 0 Å². The molecule has 28 heavy (non-hydrogen) atoms. The first-order valence-electron chi connectivity index (χ1n) is 8.53. The molecule has 0 aliphatic carbocycles. The van der Waals surface area contributed by atoms with Gasteiger partial charge in [0.25, 0.3) is 10.0 Å². The van der Waals surface area contributed by atoms with Crippen molar-refractivity contribution in [3.8, 4) is 5.75 Å². The lowest BCUT2D eigenvalue weighted by Gasteiger charge is -2.31. The second kappa shape index (κ2) is 6.94. The molecule has 3 aromatic rings. The van der Waals surface area contributed by atoms with E-state index in [1.54, 1.807) is 48.8 Å². The van der Waals surface area contributed by atoms with Gasteiger partial charge in [-0.05, 0) is 47.5 Å². The number of phenols is 1. The summed E-state index contributed by atoms with van der Waals surface area (Å²) in [6.07, 6.45) is 4.69. The predicted molar refractivity (Wildman–Crippen MR) is 104 cm³/mol. The van der Waals surface area contributed by atoms with Gasteiger partial charge in [0.1, 0.15) is 11.4 Å². The number of phenolic OH excluding ortho intramolecular Hbond substituents is 1. The van der Waals surface area contributed by atoms with Crippen LogP contribution in [0, 0.1) is 0 Å². The van der Waals surface area contributed by atoms with Crippen LogP contribution in [-0.2, 0) is 16.6 Å². The van der Waals surface area contributed by atoms with E-state index < -0.39 is 10.0 Å². The van der Waals surface area contributed by atoms with Crippen LogP contribution in [-0.4, -0.2) is 28.6 Å². The summed E-state index contributed by atoms with van der Waals surface area (Å²) in [5.41, 5.74) is 1.46. The molecule has 6 nitrogen and oxygen atoms in total. The molecular weight excluding hydrogens is 376 g/mol. The van der Waals surface area contributed by atoms with Crippen molar-refractivity contribution >= 4 is 21.9 Å². The molecule has 140 valence electrons. The number of Topliss-reactive ketones (excluding diaryl/α,β-unsaturated/α-hetero) is 1.